The van der Waals surface area contributed by atoms with Crippen molar-refractivity contribution in [2.75, 3.05) is 0 Å². The molecule has 2 rings (SSSR count). The molecular formula is C10H8ClNO2S. The topological polar surface area (TPSA) is 39.1 Å². The largest absolute Gasteiger partial charge is 0.267 e. The van der Waals surface area contributed by atoms with Crippen LogP contribution in [0.25, 0.3) is 0 Å². The molecule has 0 fully saturated rings. The summed E-state index contributed by atoms with van der Waals surface area (Å²) in [6.45, 7) is 0. The van der Waals surface area contributed by atoms with Crippen LogP contribution in [-0.4, -0.2) is 12.4 Å². The van der Waals surface area contributed by atoms with Crippen molar-refractivity contribution in [2.24, 2.45) is 0 Å². The van der Waals surface area contributed by atoms with Crippen molar-refractivity contribution in [1.29, 1.82) is 0 Å². The van der Waals surface area contributed by atoms with Crippen molar-refractivity contribution < 1.29 is 8.42 Å². The first-order valence-corrected chi connectivity index (χ1v) is 6.06. The molecule has 15 heavy (non-hydrogen) atoms. The first-order chi connectivity index (χ1) is 7.10. The molecule has 0 unspecified atom stereocenters. The third kappa shape index (κ3) is 1.91. The Bertz CT molecular complexity index is 544. The van der Waals surface area contributed by atoms with Crippen LogP contribution >= 0.6 is 11.6 Å². The molecule has 0 amide bonds. The first kappa shape index (κ1) is 10.3. The molecule has 0 aliphatic heterocycles. The minimum atomic E-state index is -3.45. The summed E-state index contributed by atoms with van der Waals surface area (Å²) in [7, 11) is -3.45. The Hall–Kier alpha value is -1.26. The van der Waals surface area contributed by atoms with Crippen LogP contribution in [0, 0.1) is 0 Å². The lowest BCUT2D eigenvalue weighted by atomic mass is 10.4. The van der Waals surface area contributed by atoms with E-state index in [1.807, 2.05) is 0 Å². The SMILES string of the molecule is O=S(=O)(c1ccc(Cl)cc1)n1cccc1. The Morgan fingerprint density at radius 3 is 2.07 bits per heavy atom. The molecule has 0 N–H and O–H groups in total. The molecule has 2 aromatic rings. The van der Waals surface area contributed by atoms with Gasteiger partial charge in [0.25, 0.3) is 10.0 Å². The molecule has 0 saturated carbocycles. The van der Waals surface area contributed by atoms with Crippen molar-refractivity contribution >= 4 is 21.6 Å². The summed E-state index contributed by atoms with van der Waals surface area (Å²) in [5, 5.41) is 0.515. The molecule has 0 atom stereocenters. The highest BCUT2D eigenvalue weighted by molar-refractivity contribution is 7.90. The lowest BCUT2D eigenvalue weighted by molar-refractivity contribution is 0.587. The van der Waals surface area contributed by atoms with Gasteiger partial charge in [-0.25, -0.2) is 12.4 Å². The Balaban J connectivity index is 2.52. The van der Waals surface area contributed by atoms with E-state index in [1.165, 1.54) is 24.5 Å². The van der Waals surface area contributed by atoms with Gasteiger partial charge in [-0.15, -0.1) is 0 Å². The average molecular weight is 242 g/mol. The summed E-state index contributed by atoms with van der Waals surface area (Å²) >= 11 is 5.69. The molecular weight excluding hydrogens is 234 g/mol. The normalized spacial score (nSPS) is 11.5. The van der Waals surface area contributed by atoms with E-state index < -0.39 is 10.0 Å². The molecule has 0 radical (unpaired) electrons. The predicted octanol–water partition coefficient (Wildman–Crippen LogP) is 2.38. The molecule has 0 spiro atoms. The van der Waals surface area contributed by atoms with Crippen LogP contribution in [0.1, 0.15) is 0 Å². The maximum Gasteiger partial charge on any atom is 0.267 e. The van der Waals surface area contributed by atoms with E-state index in [9.17, 15) is 8.42 Å². The fourth-order valence-corrected chi connectivity index (χ4v) is 2.52. The highest BCUT2D eigenvalue weighted by Crippen LogP contribution is 2.16. The number of hydrogen-bond acceptors (Lipinski definition) is 2. The van der Waals surface area contributed by atoms with E-state index in [2.05, 4.69) is 0 Å². The van der Waals surface area contributed by atoms with Crippen molar-refractivity contribution in [3.05, 3.63) is 53.8 Å². The summed E-state index contributed by atoms with van der Waals surface area (Å²) in [5.74, 6) is 0. The van der Waals surface area contributed by atoms with E-state index >= 15 is 0 Å². The lowest BCUT2D eigenvalue weighted by Crippen LogP contribution is -2.10. The standard InChI is InChI=1S/C10H8ClNO2S/c11-9-3-5-10(6-4-9)15(13,14)12-7-1-2-8-12/h1-8H. The Morgan fingerprint density at radius 1 is 1.00 bits per heavy atom. The van der Waals surface area contributed by atoms with Gasteiger partial charge < -0.3 is 0 Å². The molecule has 78 valence electrons. The summed E-state index contributed by atoms with van der Waals surface area (Å²) in [5.41, 5.74) is 0. The Kier molecular flexibility index (Phi) is 2.54. The van der Waals surface area contributed by atoms with Gasteiger partial charge in [0.15, 0.2) is 0 Å². The van der Waals surface area contributed by atoms with Gasteiger partial charge in [0.2, 0.25) is 0 Å². The van der Waals surface area contributed by atoms with Crippen LogP contribution in [0.5, 0.6) is 0 Å². The quantitative estimate of drug-likeness (QED) is 0.810. The maximum absolute atomic E-state index is 11.9. The smallest absolute Gasteiger partial charge is 0.249 e. The molecule has 3 nitrogen and oxygen atoms in total. The monoisotopic (exact) mass is 241 g/mol. The second kappa shape index (κ2) is 3.72. The second-order valence-corrected chi connectivity index (χ2v) is 5.25. The van der Waals surface area contributed by atoms with Gasteiger partial charge >= 0.3 is 0 Å². The Morgan fingerprint density at radius 2 is 1.53 bits per heavy atom. The molecule has 0 aliphatic carbocycles. The maximum atomic E-state index is 11.9. The van der Waals surface area contributed by atoms with E-state index in [0.717, 1.165) is 3.97 Å². The van der Waals surface area contributed by atoms with E-state index in [-0.39, 0.29) is 4.90 Å². The van der Waals surface area contributed by atoms with Crippen molar-refractivity contribution in [3.63, 3.8) is 0 Å². The van der Waals surface area contributed by atoms with Gasteiger partial charge in [-0.3, -0.25) is 0 Å². The second-order valence-electron chi connectivity index (χ2n) is 2.97. The molecule has 0 aliphatic rings. The number of hydrogen-bond donors (Lipinski definition) is 0. The molecule has 1 heterocycles. The van der Waals surface area contributed by atoms with E-state index in [0.29, 0.717) is 5.02 Å². The zero-order valence-electron chi connectivity index (χ0n) is 7.67. The van der Waals surface area contributed by atoms with Crippen molar-refractivity contribution in [3.8, 4) is 0 Å². The minimum absolute atomic E-state index is 0.225. The molecule has 0 bridgehead atoms. The number of rotatable bonds is 2. The van der Waals surface area contributed by atoms with Gasteiger partial charge in [-0.1, -0.05) is 11.6 Å². The zero-order valence-corrected chi connectivity index (χ0v) is 9.24. The number of nitrogens with zero attached hydrogens (tertiary/aromatic N) is 1. The van der Waals surface area contributed by atoms with E-state index in [1.54, 1.807) is 24.3 Å². The van der Waals surface area contributed by atoms with Crippen LogP contribution in [0.4, 0.5) is 0 Å². The molecule has 1 aromatic carbocycles. The van der Waals surface area contributed by atoms with Crippen LogP contribution in [0.3, 0.4) is 0 Å². The van der Waals surface area contributed by atoms with Gasteiger partial charge in [0.05, 0.1) is 4.90 Å². The van der Waals surface area contributed by atoms with Gasteiger partial charge in [0.1, 0.15) is 0 Å². The van der Waals surface area contributed by atoms with Crippen molar-refractivity contribution in [2.45, 2.75) is 4.90 Å². The lowest BCUT2D eigenvalue weighted by Gasteiger charge is -2.04. The summed E-state index contributed by atoms with van der Waals surface area (Å²) in [6, 6.07) is 9.39. The van der Waals surface area contributed by atoms with Crippen molar-refractivity contribution in [1.82, 2.24) is 3.97 Å². The summed E-state index contributed by atoms with van der Waals surface area (Å²) in [6.07, 6.45) is 2.98. The summed E-state index contributed by atoms with van der Waals surface area (Å²) in [4.78, 5) is 0.225. The van der Waals surface area contributed by atoms with Gasteiger partial charge in [-0.2, -0.15) is 0 Å². The summed E-state index contributed by atoms with van der Waals surface area (Å²) < 4.78 is 25.0. The fourth-order valence-electron chi connectivity index (χ4n) is 1.21. The molecule has 1 aromatic heterocycles. The third-order valence-electron chi connectivity index (χ3n) is 1.97. The van der Waals surface area contributed by atoms with Crippen LogP contribution in [0.15, 0.2) is 53.7 Å². The molecule has 0 saturated heterocycles. The third-order valence-corrected chi connectivity index (χ3v) is 3.88. The fraction of sp³-hybridized carbons (Fsp3) is 0. The van der Waals surface area contributed by atoms with Gasteiger partial charge in [-0.05, 0) is 36.4 Å². The van der Waals surface area contributed by atoms with E-state index in [4.69, 9.17) is 11.6 Å². The zero-order chi connectivity index (χ0) is 10.9. The average Bonchev–Trinajstić information content (AvgIpc) is 2.71. The number of halogens is 1. The van der Waals surface area contributed by atoms with Crippen LogP contribution in [0.2, 0.25) is 5.02 Å². The highest BCUT2D eigenvalue weighted by atomic mass is 35.5. The van der Waals surface area contributed by atoms with Crippen LogP contribution < -0.4 is 0 Å². The molecule has 5 heteroatoms. The van der Waals surface area contributed by atoms with Gasteiger partial charge in [0, 0.05) is 17.4 Å². The number of benzene rings is 1. The predicted molar refractivity (Wildman–Crippen MR) is 58.5 cm³/mol. The first-order valence-electron chi connectivity index (χ1n) is 4.25. The minimum Gasteiger partial charge on any atom is -0.249 e. The highest BCUT2D eigenvalue weighted by Gasteiger charge is 2.14. The van der Waals surface area contributed by atoms with Crippen LogP contribution in [-0.2, 0) is 10.0 Å². The Labute approximate surface area is 93.0 Å². The number of aromatic nitrogens is 1.